The van der Waals surface area contributed by atoms with Crippen LogP contribution in [0.1, 0.15) is 5.82 Å². The number of rotatable bonds is 3. The van der Waals surface area contributed by atoms with Gasteiger partial charge in [0.1, 0.15) is 5.82 Å². The van der Waals surface area contributed by atoms with Crippen LogP contribution in [0.4, 0.5) is 11.4 Å². The number of anilines is 2. The Bertz CT molecular complexity index is 407. The number of hydrogen-bond donors (Lipinski definition) is 2. The molecule has 5 heteroatoms. The Morgan fingerprint density at radius 1 is 1.12 bits per heavy atom. The van der Waals surface area contributed by atoms with Crippen LogP contribution in [0.15, 0.2) is 41.1 Å². The zero-order valence-electron chi connectivity index (χ0n) is 8.52. The lowest BCUT2D eigenvalue weighted by Gasteiger charge is -2.05. The van der Waals surface area contributed by atoms with Gasteiger partial charge in [0.05, 0.1) is 24.6 Å². The summed E-state index contributed by atoms with van der Waals surface area (Å²) in [7, 11) is 0. The normalized spacial score (nSPS) is 10.1. The Kier molecular flexibility index (Phi) is 3.36. The van der Waals surface area contributed by atoms with E-state index in [2.05, 4.69) is 31.2 Å². The number of nitrogens with one attached hydrogen (secondary N) is 1. The van der Waals surface area contributed by atoms with E-state index in [1.54, 1.807) is 12.4 Å². The fourth-order valence-electron chi connectivity index (χ4n) is 1.20. The molecule has 3 N–H and O–H groups in total. The second kappa shape index (κ2) is 4.94. The number of nitrogens with two attached hydrogens (primary N) is 1. The molecule has 0 saturated carbocycles. The van der Waals surface area contributed by atoms with Crippen LogP contribution in [0.25, 0.3) is 0 Å². The van der Waals surface area contributed by atoms with E-state index in [1.165, 1.54) is 0 Å². The summed E-state index contributed by atoms with van der Waals surface area (Å²) in [6.45, 7) is 0.585. The van der Waals surface area contributed by atoms with Gasteiger partial charge >= 0.3 is 0 Å². The molecule has 1 heterocycles. The molecule has 2 aromatic rings. The number of hydrogen-bond acceptors (Lipinski definition) is 4. The lowest BCUT2D eigenvalue weighted by molar-refractivity contribution is 0.951. The number of halogens is 1. The Morgan fingerprint density at radius 3 is 2.38 bits per heavy atom. The van der Waals surface area contributed by atoms with Crippen molar-refractivity contribution in [3.05, 3.63) is 47.0 Å². The minimum atomic E-state index is 0.576. The van der Waals surface area contributed by atoms with E-state index in [4.69, 9.17) is 5.73 Å². The lowest BCUT2D eigenvalue weighted by atomic mass is 10.3. The molecule has 16 heavy (non-hydrogen) atoms. The molecule has 82 valence electrons. The zero-order chi connectivity index (χ0) is 11.4. The van der Waals surface area contributed by atoms with Crippen molar-refractivity contribution in [3.8, 4) is 0 Å². The van der Waals surface area contributed by atoms with Gasteiger partial charge < -0.3 is 11.1 Å². The average molecular weight is 279 g/mol. The molecular formula is C11H11BrN4. The molecule has 1 aromatic heterocycles. The number of nitrogen functional groups attached to an aromatic ring is 1. The molecule has 0 radical (unpaired) electrons. The van der Waals surface area contributed by atoms with E-state index in [0.717, 1.165) is 16.0 Å². The van der Waals surface area contributed by atoms with E-state index in [-0.39, 0.29) is 0 Å². The predicted molar refractivity (Wildman–Crippen MR) is 67.9 cm³/mol. The van der Waals surface area contributed by atoms with Crippen molar-refractivity contribution in [1.29, 1.82) is 0 Å². The lowest BCUT2D eigenvalue weighted by Crippen LogP contribution is -2.04. The Labute approximate surface area is 102 Å². The van der Waals surface area contributed by atoms with Crippen LogP contribution in [-0.4, -0.2) is 9.97 Å². The highest BCUT2D eigenvalue weighted by Gasteiger charge is 1.96. The maximum atomic E-state index is 5.50. The third-order valence-corrected chi connectivity index (χ3v) is 2.55. The van der Waals surface area contributed by atoms with Crippen molar-refractivity contribution in [2.45, 2.75) is 6.54 Å². The fraction of sp³-hybridized carbons (Fsp3) is 0.0909. The maximum Gasteiger partial charge on any atom is 0.147 e. The molecule has 0 unspecified atom stereocenters. The molecule has 4 nitrogen and oxygen atoms in total. The van der Waals surface area contributed by atoms with Gasteiger partial charge in [0.2, 0.25) is 0 Å². The highest BCUT2D eigenvalue weighted by atomic mass is 79.9. The van der Waals surface area contributed by atoms with Crippen molar-refractivity contribution >= 4 is 27.3 Å². The average Bonchev–Trinajstić information content (AvgIpc) is 2.30. The van der Waals surface area contributed by atoms with Crippen LogP contribution < -0.4 is 11.1 Å². The van der Waals surface area contributed by atoms with Crippen molar-refractivity contribution in [2.75, 3.05) is 11.1 Å². The SMILES string of the molecule is Nc1cnc(CNc2ccc(Br)cc2)nc1. The van der Waals surface area contributed by atoms with Gasteiger partial charge in [0.15, 0.2) is 0 Å². The summed E-state index contributed by atoms with van der Waals surface area (Å²) in [5.41, 5.74) is 7.11. The van der Waals surface area contributed by atoms with Crippen molar-refractivity contribution in [2.24, 2.45) is 0 Å². The first-order valence-electron chi connectivity index (χ1n) is 4.80. The Morgan fingerprint density at radius 2 is 1.75 bits per heavy atom. The van der Waals surface area contributed by atoms with Crippen molar-refractivity contribution in [3.63, 3.8) is 0 Å². The first-order valence-corrected chi connectivity index (χ1v) is 5.59. The summed E-state index contributed by atoms with van der Waals surface area (Å²) in [6.07, 6.45) is 3.21. The van der Waals surface area contributed by atoms with Gasteiger partial charge in [-0.15, -0.1) is 0 Å². The fourth-order valence-corrected chi connectivity index (χ4v) is 1.47. The molecule has 0 fully saturated rings. The summed E-state index contributed by atoms with van der Waals surface area (Å²) >= 11 is 3.38. The van der Waals surface area contributed by atoms with E-state index in [0.29, 0.717) is 12.2 Å². The van der Waals surface area contributed by atoms with Gasteiger partial charge in [0.25, 0.3) is 0 Å². The molecule has 0 saturated heterocycles. The van der Waals surface area contributed by atoms with E-state index in [1.807, 2.05) is 24.3 Å². The molecule has 2 rings (SSSR count). The maximum absolute atomic E-state index is 5.50. The summed E-state index contributed by atoms with van der Waals surface area (Å²) in [4.78, 5) is 8.21. The van der Waals surface area contributed by atoms with Gasteiger partial charge in [-0.1, -0.05) is 15.9 Å². The standard InChI is InChI=1S/C11H11BrN4/c12-8-1-3-10(4-2-8)14-7-11-15-5-9(13)6-16-11/h1-6,14H,7,13H2. The Hall–Kier alpha value is -1.62. The molecule has 0 amide bonds. The van der Waals surface area contributed by atoms with Crippen LogP contribution in [0.3, 0.4) is 0 Å². The first kappa shape index (κ1) is 10.9. The highest BCUT2D eigenvalue weighted by Crippen LogP contribution is 2.14. The van der Waals surface area contributed by atoms with Crippen LogP contribution in [0, 0.1) is 0 Å². The van der Waals surface area contributed by atoms with Crippen molar-refractivity contribution in [1.82, 2.24) is 9.97 Å². The minimum absolute atomic E-state index is 0.576. The highest BCUT2D eigenvalue weighted by molar-refractivity contribution is 9.10. The summed E-state index contributed by atoms with van der Waals surface area (Å²) < 4.78 is 1.06. The zero-order valence-corrected chi connectivity index (χ0v) is 10.1. The van der Waals surface area contributed by atoms with Crippen LogP contribution in [0.5, 0.6) is 0 Å². The monoisotopic (exact) mass is 278 g/mol. The van der Waals surface area contributed by atoms with Crippen LogP contribution in [0.2, 0.25) is 0 Å². The molecule has 0 aliphatic heterocycles. The smallest absolute Gasteiger partial charge is 0.147 e. The van der Waals surface area contributed by atoms with Gasteiger partial charge in [-0.25, -0.2) is 9.97 Å². The molecule has 0 aliphatic carbocycles. The van der Waals surface area contributed by atoms with Crippen LogP contribution >= 0.6 is 15.9 Å². The van der Waals surface area contributed by atoms with Gasteiger partial charge in [-0.2, -0.15) is 0 Å². The molecule has 0 bridgehead atoms. The second-order valence-corrected chi connectivity index (χ2v) is 4.21. The second-order valence-electron chi connectivity index (χ2n) is 3.29. The predicted octanol–water partition coefficient (Wildman–Crippen LogP) is 2.43. The summed E-state index contributed by atoms with van der Waals surface area (Å²) in [5.74, 6) is 0.720. The summed E-state index contributed by atoms with van der Waals surface area (Å²) in [6, 6.07) is 7.93. The van der Waals surface area contributed by atoms with Gasteiger partial charge in [-0.05, 0) is 24.3 Å². The van der Waals surface area contributed by atoms with Gasteiger partial charge in [-0.3, -0.25) is 0 Å². The molecular weight excluding hydrogens is 268 g/mol. The topological polar surface area (TPSA) is 63.8 Å². The largest absolute Gasteiger partial charge is 0.396 e. The minimum Gasteiger partial charge on any atom is -0.396 e. The first-order chi connectivity index (χ1) is 7.74. The molecule has 0 aliphatic rings. The van der Waals surface area contributed by atoms with E-state index >= 15 is 0 Å². The third-order valence-electron chi connectivity index (χ3n) is 2.02. The van der Waals surface area contributed by atoms with E-state index < -0.39 is 0 Å². The molecule has 0 atom stereocenters. The number of nitrogens with zero attached hydrogens (tertiary/aromatic N) is 2. The van der Waals surface area contributed by atoms with Crippen molar-refractivity contribution < 1.29 is 0 Å². The number of aromatic nitrogens is 2. The Balaban J connectivity index is 1.97. The third kappa shape index (κ3) is 2.93. The van der Waals surface area contributed by atoms with Crippen LogP contribution in [-0.2, 0) is 6.54 Å². The van der Waals surface area contributed by atoms with Gasteiger partial charge in [0, 0.05) is 10.2 Å². The molecule has 1 aromatic carbocycles. The van der Waals surface area contributed by atoms with E-state index in [9.17, 15) is 0 Å². The summed E-state index contributed by atoms with van der Waals surface area (Å²) in [5, 5.41) is 3.22. The molecule has 0 spiro atoms. The number of benzene rings is 1. The quantitative estimate of drug-likeness (QED) is 0.905.